The summed E-state index contributed by atoms with van der Waals surface area (Å²) in [7, 11) is 0. The summed E-state index contributed by atoms with van der Waals surface area (Å²) in [6, 6.07) is 12.5. The van der Waals surface area contributed by atoms with Gasteiger partial charge in [0.15, 0.2) is 0 Å². The van der Waals surface area contributed by atoms with Crippen LogP contribution in [0.5, 0.6) is 0 Å². The van der Waals surface area contributed by atoms with Crippen molar-refractivity contribution in [2.24, 2.45) is 0 Å². The third-order valence-electron chi connectivity index (χ3n) is 3.52. The summed E-state index contributed by atoms with van der Waals surface area (Å²) in [5.74, 6) is -0.793. The quantitative estimate of drug-likeness (QED) is 0.605. The molecule has 1 aromatic heterocycles. The number of aromatic amines is 1. The van der Waals surface area contributed by atoms with Crippen LogP contribution in [0.4, 0.5) is 10.1 Å². The highest BCUT2D eigenvalue weighted by molar-refractivity contribution is 14.1. The van der Waals surface area contributed by atoms with Crippen LogP contribution in [-0.2, 0) is 6.42 Å². The highest BCUT2D eigenvalue weighted by atomic mass is 127. The first-order valence-electron chi connectivity index (χ1n) is 6.95. The molecule has 0 aliphatic carbocycles. The number of nitrogens with one attached hydrogen (secondary N) is 2. The predicted octanol–water partition coefficient (Wildman–Crippen LogP) is 4.73. The summed E-state index contributed by atoms with van der Waals surface area (Å²) in [6.45, 7) is 2.08. The molecule has 3 aromatic rings. The lowest BCUT2D eigenvalue weighted by atomic mass is 10.1. The van der Waals surface area contributed by atoms with Gasteiger partial charge in [-0.3, -0.25) is 4.79 Å². The maximum absolute atomic E-state index is 13.8. The van der Waals surface area contributed by atoms with Gasteiger partial charge in [0, 0.05) is 14.5 Å². The molecule has 3 nitrogen and oxygen atoms in total. The molecule has 3 rings (SSSR count). The summed E-state index contributed by atoms with van der Waals surface area (Å²) < 4.78 is 14.6. The molecule has 0 radical (unpaired) electrons. The number of halogens is 2. The Balaban J connectivity index is 1.88. The van der Waals surface area contributed by atoms with Crippen molar-refractivity contribution in [3.63, 3.8) is 0 Å². The number of aromatic nitrogens is 1. The number of carbonyl (C=O) groups is 1. The normalized spacial score (nSPS) is 10.9. The first kappa shape index (κ1) is 15.0. The Bertz CT molecular complexity index is 857. The molecule has 1 heterocycles. The molecule has 1 amide bonds. The standard InChI is InChI=1S/C17H14FIN2O/c1-2-10-3-5-14-11(7-10)8-16(20-14)17(22)21-15-6-4-12(19)9-13(15)18/h3-9,20H,2H2,1H3,(H,21,22). The van der Waals surface area contributed by atoms with E-state index in [4.69, 9.17) is 0 Å². The number of anilines is 1. The molecule has 0 unspecified atom stereocenters. The number of aryl methyl sites for hydroxylation is 1. The van der Waals surface area contributed by atoms with E-state index in [-0.39, 0.29) is 11.6 Å². The molecule has 0 aliphatic rings. The zero-order valence-electron chi connectivity index (χ0n) is 11.9. The molecule has 0 fully saturated rings. The van der Waals surface area contributed by atoms with E-state index in [1.807, 2.05) is 40.8 Å². The number of benzene rings is 2. The Labute approximate surface area is 141 Å². The number of H-pyrrole nitrogens is 1. The van der Waals surface area contributed by atoms with Gasteiger partial charge in [-0.2, -0.15) is 0 Å². The van der Waals surface area contributed by atoms with E-state index in [1.165, 1.54) is 11.6 Å². The molecule has 5 heteroatoms. The van der Waals surface area contributed by atoms with Crippen LogP contribution >= 0.6 is 22.6 Å². The zero-order valence-corrected chi connectivity index (χ0v) is 14.1. The fourth-order valence-corrected chi connectivity index (χ4v) is 2.76. The first-order chi connectivity index (χ1) is 10.6. The maximum atomic E-state index is 13.8. The zero-order chi connectivity index (χ0) is 15.7. The van der Waals surface area contributed by atoms with E-state index in [0.29, 0.717) is 5.69 Å². The van der Waals surface area contributed by atoms with E-state index in [2.05, 4.69) is 17.2 Å². The largest absolute Gasteiger partial charge is 0.351 e. The third-order valence-corrected chi connectivity index (χ3v) is 4.19. The van der Waals surface area contributed by atoms with Gasteiger partial charge in [0.25, 0.3) is 5.91 Å². The smallest absolute Gasteiger partial charge is 0.272 e. The number of amides is 1. The van der Waals surface area contributed by atoms with Crippen LogP contribution in [0, 0.1) is 9.39 Å². The van der Waals surface area contributed by atoms with E-state index in [9.17, 15) is 9.18 Å². The number of carbonyl (C=O) groups excluding carboxylic acids is 1. The lowest BCUT2D eigenvalue weighted by Crippen LogP contribution is -2.13. The fraction of sp³-hybridized carbons (Fsp3) is 0.118. The minimum Gasteiger partial charge on any atom is -0.351 e. The minimum absolute atomic E-state index is 0.179. The Morgan fingerprint density at radius 2 is 2.05 bits per heavy atom. The Morgan fingerprint density at radius 3 is 2.77 bits per heavy atom. The van der Waals surface area contributed by atoms with Gasteiger partial charge < -0.3 is 10.3 Å². The topological polar surface area (TPSA) is 44.9 Å². The van der Waals surface area contributed by atoms with Crippen LogP contribution in [0.2, 0.25) is 0 Å². The lowest BCUT2D eigenvalue weighted by molar-refractivity contribution is 0.102. The molecule has 0 saturated carbocycles. The number of hydrogen-bond donors (Lipinski definition) is 2. The molecule has 0 spiro atoms. The van der Waals surface area contributed by atoms with Crippen molar-refractivity contribution in [2.45, 2.75) is 13.3 Å². The van der Waals surface area contributed by atoms with Crippen molar-refractivity contribution in [3.8, 4) is 0 Å². The number of rotatable bonds is 3. The Morgan fingerprint density at radius 1 is 1.23 bits per heavy atom. The van der Waals surface area contributed by atoms with Crippen molar-refractivity contribution in [2.75, 3.05) is 5.32 Å². The van der Waals surface area contributed by atoms with Crippen LogP contribution in [0.15, 0.2) is 42.5 Å². The predicted molar refractivity (Wildman–Crippen MR) is 94.7 cm³/mol. The van der Waals surface area contributed by atoms with Crippen LogP contribution in [0.1, 0.15) is 23.0 Å². The fourth-order valence-electron chi connectivity index (χ4n) is 2.30. The third kappa shape index (κ3) is 2.99. The summed E-state index contributed by atoms with van der Waals surface area (Å²) >= 11 is 2.02. The molecule has 2 N–H and O–H groups in total. The van der Waals surface area contributed by atoms with Crippen molar-refractivity contribution >= 4 is 45.1 Å². The molecule has 112 valence electrons. The highest BCUT2D eigenvalue weighted by Crippen LogP contribution is 2.20. The van der Waals surface area contributed by atoms with Gasteiger partial charge in [0.1, 0.15) is 11.5 Å². The Hall–Kier alpha value is -1.89. The van der Waals surface area contributed by atoms with E-state index >= 15 is 0 Å². The molecule has 0 atom stereocenters. The first-order valence-corrected chi connectivity index (χ1v) is 8.02. The van der Waals surface area contributed by atoms with Crippen LogP contribution in [-0.4, -0.2) is 10.9 Å². The average Bonchev–Trinajstić information content (AvgIpc) is 2.93. The van der Waals surface area contributed by atoms with Crippen LogP contribution in [0.25, 0.3) is 10.9 Å². The van der Waals surface area contributed by atoms with Gasteiger partial charge >= 0.3 is 0 Å². The van der Waals surface area contributed by atoms with Gasteiger partial charge in [-0.25, -0.2) is 4.39 Å². The van der Waals surface area contributed by atoms with Crippen molar-refractivity contribution < 1.29 is 9.18 Å². The van der Waals surface area contributed by atoms with Gasteiger partial charge in [0.05, 0.1) is 5.69 Å². The van der Waals surface area contributed by atoms with Crippen LogP contribution < -0.4 is 5.32 Å². The highest BCUT2D eigenvalue weighted by Gasteiger charge is 2.12. The van der Waals surface area contributed by atoms with E-state index < -0.39 is 5.82 Å². The molecular formula is C17H14FIN2O. The molecule has 0 saturated heterocycles. The number of hydrogen-bond acceptors (Lipinski definition) is 1. The molecule has 22 heavy (non-hydrogen) atoms. The maximum Gasteiger partial charge on any atom is 0.272 e. The second-order valence-corrected chi connectivity index (χ2v) is 6.28. The SMILES string of the molecule is CCc1ccc2[nH]c(C(=O)Nc3ccc(I)cc3F)cc2c1. The summed E-state index contributed by atoms with van der Waals surface area (Å²) in [5, 5.41) is 3.57. The summed E-state index contributed by atoms with van der Waals surface area (Å²) in [4.78, 5) is 15.3. The van der Waals surface area contributed by atoms with Crippen LogP contribution in [0.3, 0.4) is 0 Å². The minimum atomic E-state index is -0.440. The number of fused-ring (bicyclic) bond motifs is 1. The molecule has 2 aromatic carbocycles. The van der Waals surface area contributed by atoms with Crippen molar-refractivity contribution in [1.82, 2.24) is 4.98 Å². The van der Waals surface area contributed by atoms with Gasteiger partial charge in [0.2, 0.25) is 0 Å². The molecule has 0 bridgehead atoms. The molecule has 0 aliphatic heterocycles. The molecular weight excluding hydrogens is 394 g/mol. The average molecular weight is 408 g/mol. The second kappa shape index (κ2) is 6.08. The van der Waals surface area contributed by atoms with Crippen molar-refractivity contribution in [1.29, 1.82) is 0 Å². The second-order valence-electron chi connectivity index (χ2n) is 5.04. The Kier molecular flexibility index (Phi) is 4.15. The van der Waals surface area contributed by atoms with Crippen molar-refractivity contribution in [3.05, 3.63) is 63.1 Å². The lowest BCUT2D eigenvalue weighted by Gasteiger charge is -2.05. The van der Waals surface area contributed by atoms with Gasteiger partial charge in [-0.15, -0.1) is 0 Å². The van der Waals surface area contributed by atoms with Gasteiger partial charge in [-0.1, -0.05) is 13.0 Å². The van der Waals surface area contributed by atoms with E-state index in [1.54, 1.807) is 18.2 Å². The van der Waals surface area contributed by atoms with E-state index in [0.717, 1.165) is 20.9 Å². The monoisotopic (exact) mass is 408 g/mol. The summed E-state index contributed by atoms with van der Waals surface area (Å²) in [5.41, 5.74) is 2.70. The summed E-state index contributed by atoms with van der Waals surface area (Å²) in [6.07, 6.45) is 0.941. The van der Waals surface area contributed by atoms with Gasteiger partial charge in [-0.05, 0) is 71.0 Å².